The largest absolute Gasteiger partial charge is 0.497 e. The maximum absolute atomic E-state index is 13.5. The molecule has 0 aromatic heterocycles. The van der Waals surface area contributed by atoms with Crippen LogP contribution in [-0.4, -0.2) is 57.8 Å². The Morgan fingerprint density at radius 3 is 2.00 bits per heavy atom. The van der Waals surface area contributed by atoms with Gasteiger partial charge in [-0.05, 0) is 54.3 Å². The monoisotopic (exact) mass is 646 g/mol. The number of benzene rings is 3. The zero-order valence-corrected chi connectivity index (χ0v) is 28.6. The molecule has 4 atom stereocenters. The van der Waals surface area contributed by atoms with Crippen LogP contribution in [0.15, 0.2) is 91.0 Å². The van der Waals surface area contributed by atoms with E-state index in [-0.39, 0.29) is 24.1 Å². The molecule has 0 amide bonds. The molecule has 1 aliphatic rings. The normalized spacial score (nSPS) is 19.9. The molecule has 3 aromatic rings. The summed E-state index contributed by atoms with van der Waals surface area (Å²) in [5, 5.41) is 0. The SMILES string of the molecule is COc1ccc(COC/C=C/C(C)(C)[C@]2(OC)O[C@H](CC(OCc3ccc(OC)cc3)[C@@H](C)OCc3ccccc3)CCC2=O)cc1. The van der Waals surface area contributed by atoms with E-state index in [9.17, 15) is 4.79 Å². The highest BCUT2D eigenvalue weighted by Gasteiger charge is 2.55. The Labute approximate surface area is 279 Å². The minimum absolute atomic E-state index is 0.0749. The predicted octanol–water partition coefficient (Wildman–Crippen LogP) is 7.47. The lowest BCUT2D eigenvalue weighted by atomic mass is 9.77. The minimum atomic E-state index is -1.45. The van der Waals surface area contributed by atoms with E-state index in [1.165, 1.54) is 0 Å². The van der Waals surface area contributed by atoms with E-state index in [0.29, 0.717) is 45.7 Å². The lowest BCUT2D eigenvalue weighted by Gasteiger charge is -2.47. The fraction of sp³-hybridized carbons (Fsp3) is 0.462. The van der Waals surface area contributed by atoms with Gasteiger partial charge in [-0.25, -0.2) is 0 Å². The van der Waals surface area contributed by atoms with Gasteiger partial charge in [0.15, 0.2) is 5.78 Å². The molecule has 8 heteroatoms. The first-order chi connectivity index (χ1) is 22.7. The van der Waals surface area contributed by atoms with Crippen LogP contribution in [0.1, 0.15) is 56.7 Å². The lowest BCUT2D eigenvalue weighted by molar-refractivity contribution is -0.286. The van der Waals surface area contributed by atoms with E-state index >= 15 is 0 Å². The summed E-state index contributed by atoms with van der Waals surface area (Å²) in [6.07, 6.45) is 4.52. The number of Topliss-reactive ketones (excluding diaryl/α,β-unsaturated/α-hetero) is 1. The van der Waals surface area contributed by atoms with Crippen molar-refractivity contribution < 1.29 is 38.0 Å². The van der Waals surface area contributed by atoms with Crippen molar-refractivity contribution >= 4 is 5.78 Å². The second kappa shape index (κ2) is 17.6. The van der Waals surface area contributed by atoms with Gasteiger partial charge >= 0.3 is 0 Å². The molecule has 3 aromatic carbocycles. The molecular formula is C39H50O8. The Morgan fingerprint density at radius 2 is 1.40 bits per heavy atom. The third-order valence-electron chi connectivity index (χ3n) is 8.70. The van der Waals surface area contributed by atoms with E-state index < -0.39 is 11.2 Å². The predicted molar refractivity (Wildman–Crippen MR) is 181 cm³/mol. The minimum Gasteiger partial charge on any atom is -0.497 e. The Kier molecular flexibility index (Phi) is 13.6. The van der Waals surface area contributed by atoms with E-state index in [0.717, 1.165) is 28.2 Å². The van der Waals surface area contributed by atoms with Crippen LogP contribution >= 0.6 is 0 Å². The molecular weight excluding hydrogens is 596 g/mol. The summed E-state index contributed by atoms with van der Waals surface area (Å²) in [5.74, 6) is 0.0764. The summed E-state index contributed by atoms with van der Waals surface area (Å²) in [5.41, 5.74) is 2.40. The van der Waals surface area contributed by atoms with Gasteiger partial charge in [0, 0.05) is 25.4 Å². The summed E-state index contributed by atoms with van der Waals surface area (Å²) in [6.45, 7) is 7.65. The van der Waals surface area contributed by atoms with Gasteiger partial charge in [-0.15, -0.1) is 0 Å². The van der Waals surface area contributed by atoms with Crippen molar-refractivity contribution in [2.45, 2.75) is 84.0 Å². The molecule has 254 valence electrons. The van der Waals surface area contributed by atoms with Crippen molar-refractivity contribution in [3.8, 4) is 11.5 Å². The number of rotatable bonds is 18. The Morgan fingerprint density at radius 1 is 0.830 bits per heavy atom. The number of carbonyl (C=O) groups is 1. The number of ether oxygens (including phenoxy) is 7. The van der Waals surface area contributed by atoms with Gasteiger partial charge in [0.25, 0.3) is 0 Å². The maximum atomic E-state index is 13.5. The third-order valence-corrected chi connectivity index (χ3v) is 8.70. The van der Waals surface area contributed by atoms with Crippen LogP contribution in [-0.2, 0) is 48.3 Å². The van der Waals surface area contributed by atoms with Gasteiger partial charge < -0.3 is 33.2 Å². The summed E-state index contributed by atoms with van der Waals surface area (Å²) >= 11 is 0. The second-order valence-corrected chi connectivity index (χ2v) is 12.4. The van der Waals surface area contributed by atoms with Gasteiger partial charge in [0.1, 0.15) is 11.5 Å². The summed E-state index contributed by atoms with van der Waals surface area (Å²) < 4.78 is 41.8. The van der Waals surface area contributed by atoms with Crippen molar-refractivity contribution in [3.63, 3.8) is 0 Å². The molecule has 0 saturated carbocycles. The highest BCUT2D eigenvalue weighted by atomic mass is 16.7. The van der Waals surface area contributed by atoms with E-state index in [4.69, 9.17) is 33.2 Å². The zero-order valence-electron chi connectivity index (χ0n) is 28.6. The quantitative estimate of drug-likeness (QED) is 0.104. The fourth-order valence-electron chi connectivity index (χ4n) is 5.83. The molecule has 4 rings (SSSR count). The number of carbonyl (C=O) groups excluding carboxylic acids is 1. The molecule has 0 bridgehead atoms. The maximum Gasteiger partial charge on any atom is 0.237 e. The molecule has 1 saturated heterocycles. The van der Waals surface area contributed by atoms with Crippen LogP contribution in [0.25, 0.3) is 0 Å². The highest BCUT2D eigenvalue weighted by Crippen LogP contribution is 2.43. The van der Waals surface area contributed by atoms with Crippen molar-refractivity contribution in [1.82, 2.24) is 0 Å². The zero-order chi connectivity index (χ0) is 33.7. The van der Waals surface area contributed by atoms with Gasteiger partial charge in [-0.1, -0.05) is 80.6 Å². The van der Waals surface area contributed by atoms with Gasteiger partial charge in [-0.2, -0.15) is 0 Å². The Hall–Kier alpha value is -3.53. The third kappa shape index (κ3) is 9.98. The number of ketones is 1. The van der Waals surface area contributed by atoms with E-state index in [2.05, 4.69) is 0 Å². The first kappa shape index (κ1) is 36.3. The highest BCUT2D eigenvalue weighted by molar-refractivity contribution is 5.87. The molecule has 1 heterocycles. The molecule has 0 radical (unpaired) electrons. The first-order valence-corrected chi connectivity index (χ1v) is 16.2. The Balaban J connectivity index is 1.42. The topological polar surface area (TPSA) is 81.7 Å². The number of hydrogen-bond acceptors (Lipinski definition) is 8. The van der Waals surface area contributed by atoms with Crippen molar-refractivity contribution in [2.24, 2.45) is 5.41 Å². The average molecular weight is 647 g/mol. The molecule has 47 heavy (non-hydrogen) atoms. The molecule has 1 unspecified atom stereocenters. The molecule has 1 fully saturated rings. The fourth-order valence-corrected chi connectivity index (χ4v) is 5.83. The second-order valence-electron chi connectivity index (χ2n) is 12.4. The number of methoxy groups -OCH3 is 3. The lowest BCUT2D eigenvalue weighted by Crippen LogP contribution is -2.59. The van der Waals surface area contributed by atoms with E-state index in [1.807, 2.05) is 112 Å². The van der Waals surface area contributed by atoms with Crippen LogP contribution in [0, 0.1) is 5.41 Å². The van der Waals surface area contributed by atoms with Gasteiger partial charge in [0.05, 0.1) is 59.0 Å². The molecule has 0 N–H and O–H groups in total. The van der Waals surface area contributed by atoms with Crippen molar-refractivity contribution in [3.05, 3.63) is 108 Å². The van der Waals surface area contributed by atoms with Crippen LogP contribution in [0.3, 0.4) is 0 Å². The molecule has 1 aliphatic heterocycles. The number of hydrogen-bond donors (Lipinski definition) is 0. The average Bonchev–Trinajstić information content (AvgIpc) is 3.10. The summed E-state index contributed by atoms with van der Waals surface area (Å²) in [6, 6.07) is 25.7. The molecule has 8 nitrogen and oxygen atoms in total. The van der Waals surface area contributed by atoms with Crippen molar-refractivity contribution in [2.75, 3.05) is 27.9 Å². The molecule has 0 aliphatic carbocycles. The van der Waals surface area contributed by atoms with Crippen LogP contribution in [0.5, 0.6) is 11.5 Å². The Bertz CT molecular complexity index is 1390. The van der Waals surface area contributed by atoms with Crippen LogP contribution < -0.4 is 9.47 Å². The van der Waals surface area contributed by atoms with Crippen molar-refractivity contribution in [1.29, 1.82) is 0 Å². The first-order valence-electron chi connectivity index (χ1n) is 16.2. The standard InChI is InChI=1S/C39H50O8/c1-29(45-27-30-11-8-7-9-12-30)36(46-28-32-15-19-34(42-5)20-16-32)25-35-21-22-37(40)39(43-6,47-35)38(2,3)23-10-24-44-26-31-13-17-33(41-4)18-14-31/h7-20,23,29,35-36H,21-22,24-28H2,1-6H3/b23-10+/t29-,35+,36?,39-/m1/s1. The van der Waals surface area contributed by atoms with Gasteiger partial charge in [0.2, 0.25) is 5.79 Å². The molecule has 0 spiro atoms. The summed E-state index contributed by atoms with van der Waals surface area (Å²) in [7, 11) is 4.84. The van der Waals surface area contributed by atoms with E-state index in [1.54, 1.807) is 21.3 Å². The summed E-state index contributed by atoms with van der Waals surface area (Å²) in [4.78, 5) is 13.5. The van der Waals surface area contributed by atoms with Crippen LogP contribution in [0.2, 0.25) is 0 Å². The van der Waals surface area contributed by atoms with Gasteiger partial charge in [-0.3, -0.25) is 4.79 Å². The van der Waals surface area contributed by atoms with Crippen LogP contribution in [0.4, 0.5) is 0 Å². The smallest absolute Gasteiger partial charge is 0.237 e.